The van der Waals surface area contributed by atoms with Crippen LogP contribution in [0.5, 0.6) is 0 Å². The van der Waals surface area contributed by atoms with Gasteiger partial charge >= 0.3 is 6.18 Å². The van der Waals surface area contributed by atoms with E-state index < -0.39 is 23.4 Å². The molecule has 0 N–H and O–H groups in total. The Labute approximate surface area is 177 Å². The number of alkyl halides is 3. The molecule has 0 unspecified atom stereocenters. The summed E-state index contributed by atoms with van der Waals surface area (Å²) in [6.45, 7) is -0.00153. The Morgan fingerprint density at radius 2 is 1.83 bits per heavy atom. The van der Waals surface area contributed by atoms with Crippen LogP contribution in [0.1, 0.15) is 12.0 Å². The average molecular weight is 449 g/mol. The number of thioether (sulfide) groups is 2. The van der Waals surface area contributed by atoms with Gasteiger partial charge in [0, 0.05) is 27.9 Å². The second-order valence-corrected chi connectivity index (χ2v) is 8.90. The smallest absolute Gasteiger partial charge is 0.273 e. The van der Waals surface area contributed by atoms with Crippen molar-refractivity contribution in [3.8, 4) is 0 Å². The van der Waals surface area contributed by atoms with Gasteiger partial charge in [-0.05, 0) is 52.0 Å². The lowest BCUT2D eigenvalue weighted by Crippen LogP contribution is -2.13. The van der Waals surface area contributed by atoms with Gasteiger partial charge in [-0.1, -0.05) is 35.7 Å². The van der Waals surface area contributed by atoms with E-state index in [1.54, 1.807) is 0 Å². The van der Waals surface area contributed by atoms with Crippen LogP contribution in [0.15, 0.2) is 90.6 Å². The van der Waals surface area contributed by atoms with Gasteiger partial charge in [0.1, 0.15) is 16.7 Å². The van der Waals surface area contributed by atoms with Crippen LogP contribution in [-0.4, -0.2) is 17.8 Å². The molecule has 0 saturated carbocycles. The van der Waals surface area contributed by atoms with Gasteiger partial charge in [0.25, 0.3) is 0 Å². The van der Waals surface area contributed by atoms with Crippen molar-refractivity contribution in [3.63, 3.8) is 0 Å². The molecule has 0 aromatic heterocycles. The van der Waals surface area contributed by atoms with Crippen molar-refractivity contribution < 1.29 is 22.0 Å². The molecule has 152 valence electrons. The quantitative estimate of drug-likeness (QED) is 0.429. The summed E-state index contributed by atoms with van der Waals surface area (Å²) in [5.74, 6) is -1.44. The second-order valence-electron chi connectivity index (χ2n) is 6.98. The summed E-state index contributed by atoms with van der Waals surface area (Å²) in [5.41, 5.74) is 2.18. The molecule has 0 bridgehead atoms. The third-order valence-corrected chi connectivity index (χ3v) is 7.33. The SMILES string of the molecule is Fc1ccc(C2=NCC3=CC(C(F)(F)F)=CC4=C5SC=CC=C5CC4=C3S2)c(F)c1. The van der Waals surface area contributed by atoms with Crippen LogP contribution < -0.4 is 0 Å². The average Bonchev–Trinajstić information content (AvgIpc) is 2.97. The van der Waals surface area contributed by atoms with Gasteiger partial charge in [-0.25, -0.2) is 8.78 Å². The fourth-order valence-corrected chi connectivity index (χ4v) is 5.76. The van der Waals surface area contributed by atoms with E-state index in [0.717, 1.165) is 46.0 Å². The van der Waals surface area contributed by atoms with Gasteiger partial charge in [0.15, 0.2) is 0 Å². The number of hydrogen-bond acceptors (Lipinski definition) is 3. The van der Waals surface area contributed by atoms with Crippen molar-refractivity contribution in [1.82, 2.24) is 0 Å². The number of hydrogen-bond donors (Lipinski definition) is 0. The van der Waals surface area contributed by atoms with E-state index in [2.05, 4.69) is 4.99 Å². The summed E-state index contributed by atoms with van der Waals surface area (Å²) >= 11 is 2.55. The molecule has 1 nitrogen and oxygen atoms in total. The first-order valence-electron chi connectivity index (χ1n) is 8.99. The van der Waals surface area contributed by atoms with Crippen LogP contribution in [0.3, 0.4) is 0 Å². The number of benzene rings is 1. The lowest BCUT2D eigenvalue weighted by molar-refractivity contribution is -0.0882. The summed E-state index contributed by atoms with van der Waals surface area (Å²) in [6.07, 6.45) is 2.13. The molecule has 0 saturated heterocycles. The number of aliphatic imine (C=N–C) groups is 1. The molecule has 0 atom stereocenters. The molecule has 30 heavy (non-hydrogen) atoms. The van der Waals surface area contributed by atoms with Gasteiger partial charge in [0.2, 0.25) is 0 Å². The molecule has 1 aromatic rings. The topological polar surface area (TPSA) is 12.4 Å². The predicted octanol–water partition coefficient (Wildman–Crippen LogP) is 6.99. The normalized spacial score (nSPS) is 20.7. The van der Waals surface area contributed by atoms with Crippen molar-refractivity contribution in [3.05, 3.63) is 103 Å². The van der Waals surface area contributed by atoms with Crippen LogP contribution in [0.4, 0.5) is 22.0 Å². The zero-order valence-corrected chi connectivity index (χ0v) is 16.8. The van der Waals surface area contributed by atoms with Gasteiger partial charge in [-0.2, -0.15) is 13.2 Å². The van der Waals surface area contributed by atoms with E-state index in [9.17, 15) is 22.0 Å². The van der Waals surface area contributed by atoms with E-state index in [-0.39, 0.29) is 12.1 Å². The van der Waals surface area contributed by atoms with E-state index in [0.29, 0.717) is 27.5 Å². The second kappa shape index (κ2) is 7.13. The highest BCUT2D eigenvalue weighted by atomic mass is 32.2. The minimum atomic E-state index is -4.50. The first-order chi connectivity index (χ1) is 14.3. The summed E-state index contributed by atoms with van der Waals surface area (Å²) < 4.78 is 68.6. The molecular formula is C22H12F5NS2. The molecule has 2 heterocycles. The molecule has 8 heteroatoms. The Hall–Kier alpha value is -2.32. The molecule has 2 aliphatic carbocycles. The van der Waals surface area contributed by atoms with Gasteiger partial charge in [-0.3, -0.25) is 4.99 Å². The molecule has 5 rings (SSSR count). The zero-order valence-electron chi connectivity index (χ0n) is 15.2. The Balaban J connectivity index is 1.67. The van der Waals surface area contributed by atoms with Crippen LogP contribution in [-0.2, 0) is 0 Å². The number of halogens is 5. The lowest BCUT2D eigenvalue weighted by Gasteiger charge is -2.20. The number of fused-ring (bicyclic) bond motifs is 3. The standard InChI is InChI=1S/C22H12F5NS2/c23-14-3-4-15(18(24)9-14)21-28-10-12-6-13(22(25,26)27)8-17-16(20(12)30-21)7-11-2-1-5-29-19(11)17/h1-6,8-9H,7,10H2. The minimum absolute atomic E-state index is 0.00153. The van der Waals surface area contributed by atoms with Crippen molar-refractivity contribution in [2.24, 2.45) is 4.99 Å². The Bertz CT molecular complexity index is 1190. The third-order valence-electron chi connectivity index (χ3n) is 5.07. The molecule has 4 aliphatic rings. The summed E-state index contributed by atoms with van der Waals surface area (Å²) in [4.78, 5) is 5.79. The Morgan fingerprint density at radius 3 is 2.60 bits per heavy atom. The molecule has 0 fully saturated rings. The highest BCUT2D eigenvalue weighted by Crippen LogP contribution is 2.52. The molecule has 0 spiro atoms. The highest BCUT2D eigenvalue weighted by Gasteiger charge is 2.38. The van der Waals surface area contributed by atoms with Gasteiger partial charge < -0.3 is 0 Å². The third kappa shape index (κ3) is 3.32. The monoisotopic (exact) mass is 449 g/mol. The fraction of sp³-hybridized carbons (Fsp3) is 0.136. The van der Waals surface area contributed by atoms with Crippen LogP contribution in [0, 0.1) is 11.6 Å². The summed E-state index contributed by atoms with van der Waals surface area (Å²) in [5, 5.41) is 2.18. The highest BCUT2D eigenvalue weighted by molar-refractivity contribution is 8.18. The van der Waals surface area contributed by atoms with Crippen LogP contribution >= 0.6 is 23.5 Å². The number of rotatable bonds is 1. The first kappa shape index (κ1) is 19.6. The maximum atomic E-state index is 14.3. The number of allylic oxidation sites excluding steroid dienone is 8. The Kier molecular flexibility index (Phi) is 4.67. The molecule has 1 aromatic carbocycles. The number of nitrogens with zero attached hydrogens (tertiary/aromatic N) is 1. The molecular weight excluding hydrogens is 437 g/mol. The van der Waals surface area contributed by atoms with Gasteiger partial charge in [0.05, 0.1) is 12.1 Å². The van der Waals surface area contributed by atoms with Crippen molar-refractivity contribution in [1.29, 1.82) is 0 Å². The largest absolute Gasteiger partial charge is 0.416 e. The fourth-order valence-electron chi connectivity index (χ4n) is 3.71. The maximum absolute atomic E-state index is 14.3. The lowest BCUT2D eigenvalue weighted by atomic mass is 10.1. The van der Waals surface area contributed by atoms with E-state index >= 15 is 0 Å². The molecule has 2 aliphatic heterocycles. The summed E-state index contributed by atoms with van der Waals surface area (Å²) in [6, 6.07) is 3.23. The van der Waals surface area contributed by atoms with Crippen LogP contribution in [0.2, 0.25) is 0 Å². The van der Waals surface area contributed by atoms with Gasteiger partial charge in [-0.15, -0.1) is 0 Å². The molecule has 0 radical (unpaired) electrons. The minimum Gasteiger partial charge on any atom is -0.273 e. The van der Waals surface area contributed by atoms with Crippen molar-refractivity contribution >= 4 is 28.6 Å². The molecule has 0 amide bonds. The summed E-state index contributed by atoms with van der Waals surface area (Å²) in [7, 11) is 0. The predicted molar refractivity (Wildman–Crippen MR) is 111 cm³/mol. The maximum Gasteiger partial charge on any atom is 0.416 e. The zero-order chi connectivity index (χ0) is 21.0. The van der Waals surface area contributed by atoms with Crippen molar-refractivity contribution in [2.75, 3.05) is 6.54 Å². The van der Waals surface area contributed by atoms with E-state index in [4.69, 9.17) is 0 Å². The van der Waals surface area contributed by atoms with Crippen LogP contribution in [0.25, 0.3) is 0 Å². The first-order valence-corrected chi connectivity index (χ1v) is 10.7. The van der Waals surface area contributed by atoms with E-state index in [1.807, 2.05) is 17.6 Å². The van der Waals surface area contributed by atoms with E-state index in [1.165, 1.54) is 23.9 Å². The Morgan fingerprint density at radius 1 is 1.00 bits per heavy atom. The van der Waals surface area contributed by atoms with Crippen molar-refractivity contribution in [2.45, 2.75) is 12.6 Å².